The van der Waals surface area contributed by atoms with E-state index in [1.807, 2.05) is 45.0 Å². The Bertz CT molecular complexity index is 1420. The number of aromatic nitrogens is 2. The Kier molecular flexibility index (Phi) is 10.0. The van der Waals surface area contributed by atoms with Gasteiger partial charge in [-0.05, 0) is 66.9 Å². The Morgan fingerprint density at radius 3 is 2.28 bits per heavy atom. The number of ether oxygens (including phenoxy) is 1. The van der Waals surface area contributed by atoms with Crippen molar-refractivity contribution in [3.63, 3.8) is 0 Å². The Balaban J connectivity index is 0.00000205. The van der Waals surface area contributed by atoms with E-state index in [0.717, 1.165) is 11.1 Å². The summed E-state index contributed by atoms with van der Waals surface area (Å²) in [5.41, 5.74) is 3.41. The van der Waals surface area contributed by atoms with Gasteiger partial charge in [-0.2, -0.15) is 13.2 Å². The molecule has 39 heavy (non-hydrogen) atoms. The second-order valence-corrected chi connectivity index (χ2v) is 8.45. The average molecular weight is 538 g/mol. The molecule has 4 rings (SSSR count). The fraction of sp³-hybridized carbons (Fsp3) is 0.233. The van der Waals surface area contributed by atoms with Crippen molar-refractivity contribution in [3.05, 3.63) is 101 Å². The Hall–Kier alpha value is -4.40. The van der Waals surface area contributed by atoms with Crippen LogP contribution in [0.5, 0.6) is 5.75 Å². The topological polar surface area (TPSA) is 84.1 Å². The molecule has 0 aliphatic carbocycles. The minimum atomic E-state index is -4.21. The maximum absolute atomic E-state index is 13.2. The summed E-state index contributed by atoms with van der Waals surface area (Å²) in [5.74, 6) is -0.0425. The number of hydrogen-bond donors (Lipinski definition) is 2. The van der Waals surface area contributed by atoms with Gasteiger partial charge >= 0.3 is 6.18 Å². The monoisotopic (exact) mass is 537 g/mol. The zero-order valence-corrected chi connectivity index (χ0v) is 21.9. The number of aromatic amines is 1. The molecule has 0 saturated carbocycles. The van der Waals surface area contributed by atoms with Crippen LogP contribution in [0.25, 0.3) is 22.4 Å². The van der Waals surface area contributed by atoms with Crippen molar-refractivity contribution >= 4 is 11.6 Å². The predicted molar refractivity (Wildman–Crippen MR) is 147 cm³/mol. The van der Waals surface area contributed by atoms with E-state index in [4.69, 9.17) is 4.74 Å². The number of benzene rings is 2. The summed E-state index contributed by atoms with van der Waals surface area (Å²) in [6.45, 7) is 5.89. The quantitative estimate of drug-likeness (QED) is 0.229. The summed E-state index contributed by atoms with van der Waals surface area (Å²) in [4.78, 5) is 32.7. The number of hydrogen-bond acceptors (Lipinski definition) is 4. The highest BCUT2D eigenvalue weighted by atomic mass is 19.4. The van der Waals surface area contributed by atoms with Crippen LogP contribution in [-0.4, -0.2) is 28.7 Å². The molecule has 0 aliphatic heterocycles. The van der Waals surface area contributed by atoms with Gasteiger partial charge < -0.3 is 15.0 Å². The van der Waals surface area contributed by atoms with E-state index in [1.165, 1.54) is 6.20 Å². The number of anilines is 1. The van der Waals surface area contributed by atoms with Crippen molar-refractivity contribution in [2.75, 3.05) is 11.9 Å². The number of nitrogens with zero attached hydrogens (tertiary/aromatic N) is 1. The van der Waals surface area contributed by atoms with Crippen molar-refractivity contribution < 1.29 is 22.7 Å². The molecule has 2 aromatic carbocycles. The molecule has 204 valence electrons. The molecule has 0 atom stereocenters. The largest absolute Gasteiger partial charge is 0.494 e. The normalized spacial score (nSPS) is 10.8. The zero-order chi connectivity index (χ0) is 28.4. The van der Waals surface area contributed by atoms with Crippen molar-refractivity contribution in [2.45, 2.75) is 39.8 Å². The number of aryl methyl sites for hydroxylation is 1. The van der Waals surface area contributed by atoms with Gasteiger partial charge in [-0.1, -0.05) is 43.7 Å². The van der Waals surface area contributed by atoms with E-state index in [2.05, 4.69) is 15.3 Å². The molecule has 0 saturated heterocycles. The Morgan fingerprint density at radius 2 is 1.67 bits per heavy atom. The molecule has 4 aromatic rings. The van der Waals surface area contributed by atoms with Gasteiger partial charge in [0.25, 0.3) is 11.5 Å². The van der Waals surface area contributed by atoms with Gasteiger partial charge in [0, 0.05) is 30.1 Å². The number of halogens is 3. The second-order valence-electron chi connectivity index (χ2n) is 8.45. The van der Waals surface area contributed by atoms with Gasteiger partial charge in [0.05, 0.1) is 12.2 Å². The minimum absolute atomic E-state index is 0.0570. The molecule has 0 bridgehead atoms. The third-order valence-corrected chi connectivity index (χ3v) is 5.60. The van der Waals surface area contributed by atoms with Gasteiger partial charge in [0.1, 0.15) is 11.4 Å². The summed E-state index contributed by atoms with van der Waals surface area (Å²) in [6, 6.07) is 19.2. The first kappa shape index (κ1) is 29.2. The highest BCUT2D eigenvalue weighted by Crippen LogP contribution is 2.30. The molecule has 9 heteroatoms. The summed E-state index contributed by atoms with van der Waals surface area (Å²) in [7, 11) is 0. The van der Waals surface area contributed by atoms with E-state index in [1.54, 1.807) is 48.7 Å². The van der Waals surface area contributed by atoms with Crippen LogP contribution in [0.4, 0.5) is 18.9 Å². The molecule has 0 unspecified atom stereocenters. The van der Waals surface area contributed by atoms with Crippen LogP contribution in [0.2, 0.25) is 0 Å². The van der Waals surface area contributed by atoms with Gasteiger partial charge in [0.15, 0.2) is 0 Å². The van der Waals surface area contributed by atoms with Gasteiger partial charge in [0.2, 0.25) is 0 Å². The maximum Gasteiger partial charge on any atom is 0.389 e. The summed E-state index contributed by atoms with van der Waals surface area (Å²) >= 11 is 0. The molecular formula is C30H30F3N3O3. The van der Waals surface area contributed by atoms with Gasteiger partial charge in [-0.15, -0.1) is 0 Å². The molecule has 6 nitrogen and oxygen atoms in total. The molecule has 1 amide bonds. The number of H-pyrrole nitrogens is 1. The number of amides is 1. The summed E-state index contributed by atoms with van der Waals surface area (Å²) in [5, 5.41) is 2.71. The lowest BCUT2D eigenvalue weighted by atomic mass is 10.0. The van der Waals surface area contributed by atoms with Crippen LogP contribution in [-0.2, 0) is 0 Å². The van der Waals surface area contributed by atoms with Crippen molar-refractivity contribution in [2.24, 2.45) is 0 Å². The number of carbonyl (C=O) groups is 1. The lowest BCUT2D eigenvalue weighted by molar-refractivity contribution is -0.136. The van der Waals surface area contributed by atoms with E-state index < -0.39 is 24.1 Å². The standard InChI is InChI=1S/C28H24F3N3O3.C2H6/c1-18-5-7-19(8-6-18)23-16-24(20-9-11-22(12-10-20)37-15-3-13-28(29,30)31)33-27(36)25(23)34-26(35)21-4-2-14-32-17-21;1-2/h2,4-12,14,16-17H,3,13,15H2,1H3,(H,33,36)(H,34,35);1-2H3. The number of alkyl halides is 3. The molecule has 0 radical (unpaired) electrons. The van der Waals surface area contributed by atoms with E-state index in [-0.39, 0.29) is 18.7 Å². The van der Waals surface area contributed by atoms with Crippen LogP contribution in [0, 0.1) is 6.92 Å². The third kappa shape index (κ3) is 8.29. The van der Waals surface area contributed by atoms with Crippen LogP contribution in [0.1, 0.15) is 42.6 Å². The molecule has 2 aromatic heterocycles. The molecule has 2 N–H and O–H groups in total. The van der Waals surface area contributed by atoms with Gasteiger partial charge in [-0.3, -0.25) is 14.6 Å². The Morgan fingerprint density at radius 1 is 1.00 bits per heavy atom. The first-order valence-corrected chi connectivity index (χ1v) is 12.6. The van der Waals surface area contributed by atoms with E-state index in [0.29, 0.717) is 28.1 Å². The number of rotatable bonds is 8. The molecule has 0 spiro atoms. The van der Waals surface area contributed by atoms with Crippen LogP contribution >= 0.6 is 0 Å². The number of pyridine rings is 2. The Labute approximate surface area is 224 Å². The number of carbonyl (C=O) groups excluding carboxylic acids is 1. The smallest absolute Gasteiger partial charge is 0.389 e. The predicted octanol–water partition coefficient (Wildman–Crippen LogP) is 7.41. The number of nitrogens with one attached hydrogen (secondary N) is 2. The lowest BCUT2D eigenvalue weighted by Crippen LogP contribution is -2.21. The molecule has 2 heterocycles. The zero-order valence-electron chi connectivity index (χ0n) is 21.9. The van der Waals surface area contributed by atoms with E-state index in [9.17, 15) is 22.8 Å². The van der Waals surface area contributed by atoms with Crippen molar-refractivity contribution in [1.82, 2.24) is 9.97 Å². The molecular weight excluding hydrogens is 507 g/mol. The van der Waals surface area contributed by atoms with Crippen molar-refractivity contribution in [1.29, 1.82) is 0 Å². The first-order valence-electron chi connectivity index (χ1n) is 12.6. The maximum atomic E-state index is 13.2. The summed E-state index contributed by atoms with van der Waals surface area (Å²) in [6.07, 6.45) is -2.29. The van der Waals surface area contributed by atoms with Crippen LogP contribution in [0.3, 0.4) is 0 Å². The highest BCUT2D eigenvalue weighted by Gasteiger charge is 2.26. The van der Waals surface area contributed by atoms with Crippen LogP contribution < -0.4 is 15.6 Å². The first-order chi connectivity index (χ1) is 18.7. The third-order valence-electron chi connectivity index (χ3n) is 5.60. The van der Waals surface area contributed by atoms with Gasteiger partial charge in [-0.25, -0.2) is 0 Å². The lowest BCUT2D eigenvalue weighted by Gasteiger charge is -2.14. The fourth-order valence-electron chi connectivity index (χ4n) is 3.68. The molecule has 0 aliphatic rings. The van der Waals surface area contributed by atoms with Crippen molar-refractivity contribution in [3.8, 4) is 28.1 Å². The second kappa shape index (κ2) is 13.4. The van der Waals surface area contributed by atoms with E-state index >= 15 is 0 Å². The SMILES string of the molecule is CC.Cc1ccc(-c2cc(-c3ccc(OCCCC(F)(F)F)cc3)[nH]c(=O)c2NC(=O)c2cccnc2)cc1. The minimum Gasteiger partial charge on any atom is -0.494 e. The average Bonchev–Trinajstić information content (AvgIpc) is 2.94. The fourth-order valence-corrected chi connectivity index (χ4v) is 3.68. The van der Waals surface area contributed by atoms with Crippen LogP contribution in [0.15, 0.2) is 83.9 Å². The molecule has 0 fully saturated rings. The highest BCUT2D eigenvalue weighted by molar-refractivity contribution is 6.06. The summed E-state index contributed by atoms with van der Waals surface area (Å²) < 4.78 is 42.3.